The molecule has 1 atom stereocenters. The molecule has 0 saturated heterocycles. The standard InChI is InChI=1S/C15H17ClN2O/c1-3-17-11(2)14-9-8-12(10-18-14)19-15-7-5-4-6-13(15)16/h4-11,17H,3H2,1-2H3. The van der Waals surface area contributed by atoms with Crippen LogP contribution in [-0.2, 0) is 0 Å². The third kappa shape index (κ3) is 3.69. The minimum Gasteiger partial charge on any atom is -0.454 e. The molecule has 1 aromatic heterocycles. The van der Waals surface area contributed by atoms with Crippen LogP contribution in [0.15, 0.2) is 42.6 Å². The normalized spacial score (nSPS) is 12.2. The van der Waals surface area contributed by atoms with Crippen molar-refractivity contribution in [1.29, 1.82) is 0 Å². The average Bonchev–Trinajstić information content (AvgIpc) is 2.42. The Morgan fingerprint density at radius 3 is 2.68 bits per heavy atom. The van der Waals surface area contributed by atoms with Crippen molar-refractivity contribution in [3.05, 3.63) is 53.3 Å². The largest absolute Gasteiger partial charge is 0.454 e. The molecule has 3 nitrogen and oxygen atoms in total. The van der Waals surface area contributed by atoms with Crippen LogP contribution in [0.5, 0.6) is 11.5 Å². The van der Waals surface area contributed by atoms with E-state index in [2.05, 4.69) is 24.1 Å². The summed E-state index contributed by atoms with van der Waals surface area (Å²) in [5.41, 5.74) is 0.994. The van der Waals surface area contributed by atoms with Crippen molar-refractivity contribution in [2.24, 2.45) is 0 Å². The maximum absolute atomic E-state index is 6.04. The van der Waals surface area contributed by atoms with Gasteiger partial charge in [0.2, 0.25) is 0 Å². The van der Waals surface area contributed by atoms with Gasteiger partial charge in [-0.2, -0.15) is 0 Å². The van der Waals surface area contributed by atoms with E-state index in [1.54, 1.807) is 12.3 Å². The molecule has 0 radical (unpaired) electrons. The van der Waals surface area contributed by atoms with Crippen LogP contribution in [0.2, 0.25) is 5.02 Å². The smallest absolute Gasteiger partial charge is 0.146 e. The number of benzene rings is 1. The fraction of sp³-hybridized carbons (Fsp3) is 0.267. The number of rotatable bonds is 5. The Hall–Kier alpha value is -1.58. The highest BCUT2D eigenvalue weighted by Crippen LogP contribution is 2.28. The number of hydrogen-bond acceptors (Lipinski definition) is 3. The average molecular weight is 277 g/mol. The van der Waals surface area contributed by atoms with Crippen molar-refractivity contribution in [2.75, 3.05) is 6.54 Å². The van der Waals surface area contributed by atoms with Gasteiger partial charge in [0.05, 0.1) is 16.9 Å². The maximum atomic E-state index is 6.04. The van der Waals surface area contributed by atoms with Crippen LogP contribution in [0.4, 0.5) is 0 Å². The molecular formula is C15H17ClN2O. The van der Waals surface area contributed by atoms with Gasteiger partial charge in [-0.05, 0) is 37.7 Å². The number of ether oxygens (including phenoxy) is 1. The van der Waals surface area contributed by atoms with E-state index in [1.807, 2.05) is 30.3 Å². The summed E-state index contributed by atoms with van der Waals surface area (Å²) in [4.78, 5) is 4.39. The predicted octanol–water partition coefficient (Wildman–Crippen LogP) is 4.20. The van der Waals surface area contributed by atoms with Crippen LogP contribution in [0.25, 0.3) is 0 Å². The molecule has 0 amide bonds. The van der Waals surface area contributed by atoms with E-state index in [9.17, 15) is 0 Å². The van der Waals surface area contributed by atoms with Crippen molar-refractivity contribution in [3.63, 3.8) is 0 Å². The topological polar surface area (TPSA) is 34.1 Å². The van der Waals surface area contributed by atoms with Crippen LogP contribution in [0, 0.1) is 0 Å². The molecule has 0 saturated carbocycles. The summed E-state index contributed by atoms with van der Waals surface area (Å²) >= 11 is 6.04. The zero-order valence-electron chi connectivity index (χ0n) is 11.1. The Morgan fingerprint density at radius 2 is 2.05 bits per heavy atom. The van der Waals surface area contributed by atoms with Crippen molar-refractivity contribution in [3.8, 4) is 11.5 Å². The summed E-state index contributed by atoms with van der Waals surface area (Å²) in [6.45, 7) is 5.08. The second-order valence-corrected chi connectivity index (χ2v) is 4.64. The molecular weight excluding hydrogens is 260 g/mol. The second kappa shape index (κ2) is 6.55. The zero-order valence-corrected chi connectivity index (χ0v) is 11.8. The van der Waals surface area contributed by atoms with Crippen molar-refractivity contribution in [1.82, 2.24) is 10.3 Å². The van der Waals surface area contributed by atoms with Gasteiger partial charge in [0.25, 0.3) is 0 Å². The number of pyridine rings is 1. The van der Waals surface area contributed by atoms with E-state index in [4.69, 9.17) is 16.3 Å². The first-order valence-electron chi connectivity index (χ1n) is 6.32. The lowest BCUT2D eigenvalue weighted by Crippen LogP contribution is -2.18. The van der Waals surface area contributed by atoms with Gasteiger partial charge in [0.15, 0.2) is 0 Å². The molecule has 1 heterocycles. The molecule has 0 fully saturated rings. The number of aromatic nitrogens is 1. The fourth-order valence-electron chi connectivity index (χ4n) is 1.77. The van der Waals surface area contributed by atoms with Crippen molar-refractivity contribution >= 4 is 11.6 Å². The van der Waals surface area contributed by atoms with Gasteiger partial charge >= 0.3 is 0 Å². The van der Waals surface area contributed by atoms with Crippen LogP contribution in [-0.4, -0.2) is 11.5 Å². The minimum atomic E-state index is 0.236. The fourth-order valence-corrected chi connectivity index (χ4v) is 1.95. The molecule has 2 aromatic rings. The van der Waals surface area contributed by atoms with E-state index in [0.29, 0.717) is 16.5 Å². The summed E-state index contributed by atoms with van der Waals surface area (Å²) in [6.07, 6.45) is 1.71. The van der Waals surface area contributed by atoms with Gasteiger partial charge < -0.3 is 10.1 Å². The van der Waals surface area contributed by atoms with Crippen molar-refractivity contribution < 1.29 is 4.74 Å². The van der Waals surface area contributed by atoms with Gasteiger partial charge in [-0.3, -0.25) is 4.98 Å². The summed E-state index contributed by atoms with van der Waals surface area (Å²) in [5.74, 6) is 1.32. The molecule has 4 heteroatoms. The highest BCUT2D eigenvalue weighted by molar-refractivity contribution is 6.32. The van der Waals surface area contributed by atoms with Gasteiger partial charge in [-0.1, -0.05) is 30.7 Å². The maximum Gasteiger partial charge on any atom is 0.146 e. The third-order valence-corrected chi connectivity index (χ3v) is 3.09. The van der Waals surface area contributed by atoms with Gasteiger partial charge in [-0.25, -0.2) is 0 Å². The molecule has 0 aliphatic heterocycles. The first-order valence-corrected chi connectivity index (χ1v) is 6.70. The van der Waals surface area contributed by atoms with Crippen LogP contribution in [0.1, 0.15) is 25.6 Å². The lowest BCUT2D eigenvalue weighted by atomic mass is 10.2. The second-order valence-electron chi connectivity index (χ2n) is 4.23. The number of para-hydroxylation sites is 1. The Labute approximate surface area is 118 Å². The Balaban J connectivity index is 2.09. The van der Waals surface area contributed by atoms with Gasteiger partial charge in [0, 0.05) is 6.04 Å². The predicted molar refractivity (Wildman–Crippen MR) is 77.9 cm³/mol. The van der Waals surface area contributed by atoms with Crippen LogP contribution >= 0.6 is 11.6 Å². The zero-order chi connectivity index (χ0) is 13.7. The summed E-state index contributed by atoms with van der Waals surface area (Å²) in [5, 5.41) is 3.91. The van der Waals surface area contributed by atoms with Gasteiger partial charge in [-0.15, -0.1) is 0 Å². The quantitative estimate of drug-likeness (QED) is 0.889. The summed E-state index contributed by atoms with van der Waals surface area (Å²) < 4.78 is 5.69. The molecule has 0 aliphatic carbocycles. The molecule has 0 bridgehead atoms. The van der Waals surface area contributed by atoms with Crippen LogP contribution < -0.4 is 10.1 Å². The van der Waals surface area contributed by atoms with E-state index in [0.717, 1.165) is 12.2 Å². The monoisotopic (exact) mass is 276 g/mol. The Bertz CT molecular complexity index is 528. The van der Waals surface area contributed by atoms with Crippen LogP contribution in [0.3, 0.4) is 0 Å². The first kappa shape index (κ1) is 13.8. The lowest BCUT2D eigenvalue weighted by Gasteiger charge is -2.12. The molecule has 1 unspecified atom stereocenters. The molecule has 0 spiro atoms. The number of nitrogens with one attached hydrogen (secondary N) is 1. The summed E-state index contributed by atoms with van der Waals surface area (Å²) in [7, 11) is 0. The molecule has 2 rings (SSSR count). The van der Waals surface area contributed by atoms with Gasteiger partial charge in [0.1, 0.15) is 11.5 Å². The molecule has 100 valence electrons. The van der Waals surface area contributed by atoms with E-state index >= 15 is 0 Å². The van der Waals surface area contributed by atoms with E-state index in [-0.39, 0.29) is 6.04 Å². The minimum absolute atomic E-state index is 0.236. The molecule has 1 N–H and O–H groups in total. The van der Waals surface area contributed by atoms with Crippen molar-refractivity contribution in [2.45, 2.75) is 19.9 Å². The molecule has 0 aliphatic rings. The number of hydrogen-bond donors (Lipinski definition) is 1. The Kier molecular flexibility index (Phi) is 4.77. The SMILES string of the molecule is CCNC(C)c1ccc(Oc2ccccc2Cl)cn1. The summed E-state index contributed by atoms with van der Waals surface area (Å²) in [6, 6.07) is 11.5. The highest BCUT2D eigenvalue weighted by Gasteiger charge is 2.06. The Morgan fingerprint density at radius 1 is 1.26 bits per heavy atom. The van der Waals surface area contributed by atoms with E-state index in [1.165, 1.54) is 0 Å². The highest BCUT2D eigenvalue weighted by atomic mass is 35.5. The molecule has 1 aromatic carbocycles. The molecule has 19 heavy (non-hydrogen) atoms. The lowest BCUT2D eigenvalue weighted by molar-refractivity contribution is 0.478. The number of halogens is 1. The first-order chi connectivity index (χ1) is 9.20. The third-order valence-electron chi connectivity index (χ3n) is 2.78. The van der Waals surface area contributed by atoms with E-state index < -0.39 is 0 Å². The number of nitrogens with zero attached hydrogens (tertiary/aromatic N) is 1.